The van der Waals surface area contributed by atoms with E-state index in [4.69, 9.17) is 0 Å². The summed E-state index contributed by atoms with van der Waals surface area (Å²) in [5.74, 6) is 2.03. The molecule has 1 heterocycles. The molecule has 0 spiro atoms. The van der Waals surface area contributed by atoms with E-state index in [9.17, 15) is 0 Å². The van der Waals surface area contributed by atoms with Crippen LogP contribution in [0.1, 0.15) is 182 Å². The van der Waals surface area contributed by atoms with Crippen LogP contribution in [0.2, 0.25) is 0 Å². The molecule has 1 aliphatic carbocycles. The van der Waals surface area contributed by atoms with Crippen molar-refractivity contribution >= 4 is 0 Å². The Morgan fingerprint density at radius 2 is 1.12 bits per heavy atom. The van der Waals surface area contributed by atoms with Gasteiger partial charge in [0.25, 0.3) is 0 Å². The van der Waals surface area contributed by atoms with E-state index in [0.717, 1.165) is 17.9 Å². The third-order valence-corrected chi connectivity index (χ3v) is 9.71. The lowest BCUT2D eigenvalue weighted by Gasteiger charge is -2.59. The van der Waals surface area contributed by atoms with E-state index in [1.807, 2.05) is 0 Å². The van der Waals surface area contributed by atoms with Crippen molar-refractivity contribution in [3.8, 4) is 0 Å². The Morgan fingerprint density at radius 1 is 0.588 bits per heavy atom. The lowest BCUT2D eigenvalue weighted by Crippen LogP contribution is -2.63. The van der Waals surface area contributed by atoms with Crippen molar-refractivity contribution in [3.05, 3.63) is 0 Å². The summed E-state index contributed by atoms with van der Waals surface area (Å²) in [6.07, 6.45) is 35.1. The van der Waals surface area contributed by atoms with Crippen LogP contribution in [0.4, 0.5) is 0 Å². The average Bonchev–Trinajstić information content (AvgIpc) is 2.86. The normalized spacial score (nSPS) is 24.9. The molecule has 0 bridgehead atoms. The summed E-state index contributed by atoms with van der Waals surface area (Å²) in [5, 5.41) is 0. The van der Waals surface area contributed by atoms with E-state index in [1.54, 1.807) is 6.42 Å². The Hall–Kier alpha value is -0.0400. The van der Waals surface area contributed by atoms with Gasteiger partial charge in [0, 0.05) is 11.6 Å². The minimum atomic E-state index is 0.529. The third kappa shape index (κ3) is 9.78. The van der Waals surface area contributed by atoms with Crippen LogP contribution in [0.3, 0.4) is 0 Å². The fourth-order valence-electron chi connectivity index (χ4n) is 7.82. The zero-order valence-corrected chi connectivity index (χ0v) is 24.4. The number of piperidine rings is 1. The summed E-state index contributed by atoms with van der Waals surface area (Å²) in [4.78, 5) is 3.23. The van der Waals surface area contributed by atoms with Crippen molar-refractivity contribution in [2.24, 2.45) is 11.8 Å². The highest BCUT2D eigenvalue weighted by Gasteiger charge is 2.50. The van der Waals surface area contributed by atoms with Crippen molar-refractivity contribution in [3.63, 3.8) is 0 Å². The summed E-state index contributed by atoms with van der Waals surface area (Å²) >= 11 is 0. The summed E-state index contributed by atoms with van der Waals surface area (Å²) in [7, 11) is 0. The second kappa shape index (κ2) is 18.2. The van der Waals surface area contributed by atoms with Crippen LogP contribution < -0.4 is 0 Å². The Kier molecular flexibility index (Phi) is 16.2. The summed E-state index contributed by atoms with van der Waals surface area (Å²) in [6, 6.07) is 0.914. The standard InChI is InChI=1S/C33H65N/c1-5-9-13-17-23-30-29-33(26-20-14-10-6-2,27-21-15-11-7-3)34(28-22-16-12-8-4)32-25-19-18-24-31(30)32/h30-32H,5-29H2,1-4H3. The maximum Gasteiger partial charge on any atom is 0.0215 e. The van der Waals surface area contributed by atoms with Gasteiger partial charge in [0.05, 0.1) is 0 Å². The van der Waals surface area contributed by atoms with Crippen molar-refractivity contribution in [2.45, 2.75) is 193 Å². The minimum absolute atomic E-state index is 0.529. The molecule has 3 unspecified atom stereocenters. The molecule has 2 aliphatic rings. The summed E-state index contributed by atoms with van der Waals surface area (Å²) < 4.78 is 0. The molecule has 1 nitrogen and oxygen atoms in total. The van der Waals surface area contributed by atoms with Gasteiger partial charge in [-0.2, -0.15) is 0 Å². The zero-order valence-electron chi connectivity index (χ0n) is 24.4. The van der Waals surface area contributed by atoms with Crippen molar-refractivity contribution in [2.75, 3.05) is 6.54 Å². The van der Waals surface area contributed by atoms with E-state index < -0.39 is 0 Å². The van der Waals surface area contributed by atoms with Crippen molar-refractivity contribution < 1.29 is 0 Å². The number of nitrogens with zero attached hydrogens (tertiary/aromatic N) is 1. The van der Waals surface area contributed by atoms with E-state index in [0.29, 0.717) is 5.54 Å². The molecule has 1 saturated carbocycles. The summed E-state index contributed by atoms with van der Waals surface area (Å²) in [6.45, 7) is 10.9. The Morgan fingerprint density at radius 3 is 1.71 bits per heavy atom. The van der Waals surface area contributed by atoms with Crippen LogP contribution in [0, 0.1) is 11.8 Å². The van der Waals surface area contributed by atoms with Crippen LogP contribution in [-0.2, 0) is 0 Å². The Labute approximate surface area is 216 Å². The molecule has 0 aromatic heterocycles. The van der Waals surface area contributed by atoms with Gasteiger partial charge in [0.2, 0.25) is 0 Å². The average molecular weight is 476 g/mol. The second-order valence-corrected chi connectivity index (χ2v) is 12.4. The number of hydrogen-bond acceptors (Lipinski definition) is 1. The van der Waals surface area contributed by atoms with E-state index in [1.165, 1.54) is 154 Å². The van der Waals surface area contributed by atoms with Crippen LogP contribution in [0.5, 0.6) is 0 Å². The van der Waals surface area contributed by atoms with Gasteiger partial charge in [-0.3, -0.25) is 4.90 Å². The van der Waals surface area contributed by atoms with Gasteiger partial charge in [-0.1, -0.05) is 143 Å². The molecule has 1 heteroatoms. The van der Waals surface area contributed by atoms with Crippen LogP contribution in [0.15, 0.2) is 0 Å². The number of fused-ring (bicyclic) bond motifs is 1. The summed E-state index contributed by atoms with van der Waals surface area (Å²) in [5.41, 5.74) is 0.529. The second-order valence-electron chi connectivity index (χ2n) is 12.4. The molecule has 0 aromatic rings. The van der Waals surface area contributed by atoms with E-state index in [-0.39, 0.29) is 0 Å². The molecule has 0 aromatic carbocycles. The molecule has 1 saturated heterocycles. The number of unbranched alkanes of at least 4 members (excludes halogenated alkanes) is 12. The third-order valence-electron chi connectivity index (χ3n) is 9.71. The molecule has 2 fully saturated rings. The number of likely N-dealkylation sites (tertiary alicyclic amines) is 1. The highest BCUT2D eigenvalue weighted by Crippen LogP contribution is 2.51. The lowest BCUT2D eigenvalue weighted by molar-refractivity contribution is -0.0922. The first kappa shape index (κ1) is 30.2. The number of rotatable bonds is 20. The smallest absolute Gasteiger partial charge is 0.0215 e. The molecule has 0 amide bonds. The SMILES string of the molecule is CCCCCCC1CC(CCCCCC)(CCCCCC)N(CCCCCC)C2CCCCC12. The first-order valence-electron chi connectivity index (χ1n) is 16.5. The molecular weight excluding hydrogens is 410 g/mol. The minimum Gasteiger partial charge on any atom is -0.294 e. The van der Waals surface area contributed by atoms with Crippen molar-refractivity contribution in [1.82, 2.24) is 4.90 Å². The predicted molar refractivity (Wildman–Crippen MR) is 154 cm³/mol. The van der Waals surface area contributed by atoms with Gasteiger partial charge in [0.15, 0.2) is 0 Å². The monoisotopic (exact) mass is 476 g/mol. The quantitative estimate of drug-likeness (QED) is 0.158. The van der Waals surface area contributed by atoms with Gasteiger partial charge in [0.1, 0.15) is 0 Å². The van der Waals surface area contributed by atoms with Crippen LogP contribution in [0.25, 0.3) is 0 Å². The van der Waals surface area contributed by atoms with Gasteiger partial charge in [-0.25, -0.2) is 0 Å². The highest BCUT2D eigenvalue weighted by molar-refractivity contribution is 5.04. The Bertz CT molecular complexity index is 459. The maximum absolute atomic E-state index is 3.23. The van der Waals surface area contributed by atoms with Gasteiger partial charge >= 0.3 is 0 Å². The van der Waals surface area contributed by atoms with Gasteiger partial charge < -0.3 is 0 Å². The Balaban J connectivity index is 2.24. The van der Waals surface area contributed by atoms with Crippen LogP contribution in [-0.4, -0.2) is 23.0 Å². The highest BCUT2D eigenvalue weighted by atomic mass is 15.2. The number of hydrogen-bond donors (Lipinski definition) is 0. The molecule has 0 N–H and O–H groups in total. The van der Waals surface area contributed by atoms with E-state index in [2.05, 4.69) is 32.6 Å². The predicted octanol–water partition coefficient (Wildman–Crippen LogP) is 11.1. The maximum atomic E-state index is 3.23. The molecule has 34 heavy (non-hydrogen) atoms. The molecule has 1 aliphatic heterocycles. The van der Waals surface area contributed by atoms with Gasteiger partial charge in [-0.05, 0) is 56.9 Å². The molecular formula is C33H65N. The van der Waals surface area contributed by atoms with Crippen molar-refractivity contribution in [1.29, 1.82) is 0 Å². The molecule has 3 atom stereocenters. The zero-order chi connectivity index (χ0) is 24.5. The van der Waals surface area contributed by atoms with Gasteiger partial charge in [-0.15, -0.1) is 0 Å². The topological polar surface area (TPSA) is 3.24 Å². The largest absolute Gasteiger partial charge is 0.294 e. The molecule has 0 radical (unpaired) electrons. The van der Waals surface area contributed by atoms with E-state index >= 15 is 0 Å². The fourth-order valence-corrected chi connectivity index (χ4v) is 7.82. The lowest BCUT2D eigenvalue weighted by atomic mass is 9.62. The molecule has 202 valence electrons. The van der Waals surface area contributed by atoms with Crippen LogP contribution >= 0.6 is 0 Å². The first-order valence-corrected chi connectivity index (χ1v) is 16.5. The first-order chi connectivity index (χ1) is 16.7. The fraction of sp³-hybridized carbons (Fsp3) is 1.00. The molecule has 2 rings (SSSR count).